The lowest BCUT2D eigenvalue weighted by molar-refractivity contribution is 0.0703. The largest absolute Gasteiger partial charge is 0.477 e. The third-order valence-electron chi connectivity index (χ3n) is 5.28. The van der Waals surface area contributed by atoms with Crippen LogP contribution >= 0.6 is 27.3 Å². The average Bonchev–Trinajstić information content (AvgIpc) is 3.28. The van der Waals surface area contributed by atoms with Crippen molar-refractivity contribution in [3.63, 3.8) is 0 Å². The number of fused-ring (bicyclic) bond motifs is 4. The quantitative estimate of drug-likeness (QED) is 0.356. The lowest BCUT2D eigenvalue weighted by atomic mass is 9.98. The summed E-state index contributed by atoms with van der Waals surface area (Å²) < 4.78 is 6.24. The zero-order valence-electron chi connectivity index (χ0n) is 16.0. The number of ether oxygens (including phenoxy) is 1. The van der Waals surface area contributed by atoms with Gasteiger partial charge in [-0.05, 0) is 44.3 Å². The van der Waals surface area contributed by atoms with Gasteiger partial charge in [0, 0.05) is 22.0 Å². The molecule has 0 fully saturated rings. The van der Waals surface area contributed by atoms with E-state index in [1.807, 2.05) is 36.4 Å². The monoisotopic (exact) mass is 494 g/mol. The fraction of sp³-hybridized carbons (Fsp3) is 0.0870. The molecule has 0 radical (unpaired) electrons. The molecule has 1 amide bonds. The van der Waals surface area contributed by atoms with Gasteiger partial charge in [0.05, 0.1) is 5.69 Å². The zero-order valence-corrected chi connectivity index (χ0v) is 18.4. The van der Waals surface area contributed by atoms with Crippen LogP contribution in [0.4, 0.5) is 10.5 Å². The Morgan fingerprint density at radius 1 is 1.10 bits per heavy atom. The van der Waals surface area contributed by atoms with Gasteiger partial charge in [-0.15, -0.1) is 11.3 Å². The van der Waals surface area contributed by atoms with E-state index < -0.39 is 12.1 Å². The topological polar surface area (TPSA) is 88.5 Å². The molecule has 8 heteroatoms. The van der Waals surface area contributed by atoms with Crippen LogP contribution in [0.25, 0.3) is 21.3 Å². The summed E-state index contributed by atoms with van der Waals surface area (Å²) in [5.74, 6) is -1.21. The molecule has 0 saturated carbocycles. The lowest BCUT2D eigenvalue weighted by Gasteiger charge is -2.14. The molecule has 0 bridgehead atoms. The predicted molar refractivity (Wildman–Crippen MR) is 123 cm³/mol. The van der Waals surface area contributed by atoms with Crippen molar-refractivity contribution in [2.45, 2.75) is 5.92 Å². The molecule has 2 aromatic carbocycles. The van der Waals surface area contributed by atoms with Crippen molar-refractivity contribution in [3.8, 4) is 11.1 Å². The molecular formula is C23H15BrN2O4S. The summed E-state index contributed by atoms with van der Waals surface area (Å²) in [5, 5.41) is 12.7. The normalized spacial score (nSPS) is 12.4. The van der Waals surface area contributed by atoms with Crippen molar-refractivity contribution in [1.82, 2.24) is 4.98 Å². The molecule has 4 aromatic rings. The van der Waals surface area contributed by atoms with Crippen LogP contribution in [0.1, 0.15) is 26.7 Å². The number of nitrogens with one attached hydrogen (secondary N) is 1. The SMILES string of the molecule is O=C(Nc1c(C(=O)O)sc2ncc(Br)cc12)OCC1c2ccccc2-c2ccccc21. The molecule has 0 aliphatic heterocycles. The minimum atomic E-state index is -1.13. The van der Waals surface area contributed by atoms with Gasteiger partial charge < -0.3 is 9.84 Å². The highest BCUT2D eigenvalue weighted by Crippen LogP contribution is 2.44. The molecule has 2 N–H and O–H groups in total. The number of aromatic carboxylic acids is 1. The first kappa shape index (κ1) is 19.7. The summed E-state index contributed by atoms with van der Waals surface area (Å²) in [6, 6.07) is 17.9. The first-order valence-electron chi connectivity index (χ1n) is 9.46. The van der Waals surface area contributed by atoms with E-state index in [1.165, 1.54) is 0 Å². The Bertz CT molecular complexity index is 1310. The number of hydrogen-bond donors (Lipinski definition) is 2. The number of amides is 1. The molecule has 154 valence electrons. The molecule has 5 rings (SSSR count). The number of carbonyl (C=O) groups is 2. The molecule has 2 aromatic heterocycles. The minimum absolute atomic E-state index is 0.00843. The number of carbonyl (C=O) groups excluding carboxylic acids is 1. The minimum Gasteiger partial charge on any atom is -0.477 e. The van der Waals surface area contributed by atoms with Gasteiger partial charge in [-0.25, -0.2) is 14.6 Å². The number of carboxylic acids is 1. The van der Waals surface area contributed by atoms with Crippen LogP contribution in [0.2, 0.25) is 0 Å². The number of hydrogen-bond acceptors (Lipinski definition) is 5. The molecule has 0 spiro atoms. The first-order valence-corrected chi connectivity index (χ1v) is 11.1. The molecule has 0 saturated heterocycles. The van der Waals surface area contributed by atoms with Crippen LogP contribution in [-0.4, -0.2) is 28.8 Å². The van der Waals surface area contributed by atoms with Gasteiger partial charge in [0.2, 0.25) is 0 Å². The van der Waals surface area contributed by atoms with E-state index in [4.69, 9.17) is 4.74 Å². The Labute approximate surface area is 189 Å². The van der Waals surface area contributed by atoms with E-state index in [1.54, 1.807) is 12.3 Å². The summed E-state index contributed by atoms with van der Waals surface area (Å²) in [7, 11) is 0. The third kappa shape index (κ3) is 3.47. The van der Waals surface area contributed by atoms with Gasteiger partial charge >= 0.3 is 12.1 Å². The number of halogens is 1. The van der Waals surface area contributed by atoms with Crippen molar-refractivity contribution in [2.75, 3.05) is 11.9 Å². The maximum atomic E-state index is 12.6. The van der Waals surface area contributed by atoms with Gasteiger partial charge in [-0.2, -0.15) is 0 Å². The molecule has 31 heavy (non-hydrogen) atoms. The zero-order chi connectivity index (χ0) is 21.5. The molecule has 2 heterocycles. The number of aromatic nitrogens is 1. The fourth-order valence-electron chi connectivity index (χ4n) is 3.97. The molecular weight excluding hydrogens is 480 g/mol. The number of pyridine rings is 1. The number of carboxylic acid groups (broad SMARTS) is 1. The fourth-order valence-corrected chi connectivity index (χ4v) is 5.22. The van der Waals surface area contributed by atoms with E-state index in [2.05, 4.69) is 38.4 Å². The van der Waals surface area contributed by atoms with Gasteiger partial charge in [-0.1, -0.05) is 48.5 Å². The van der Waals surface area contributed by atoms with Crippen molar-refractivity contribution in [2.24, 2.45) is 0 Å². The van der Waals surface area contributed by atoms with Crippen LogP contribution in [0, 0.1) is 0 Å². The number of thiophene rings is 1. The lowest BCUT2D eigenvalue weighted by Crippen LogP contribution is -2.18. The maximum Gasteiger partial charge on any atom is 0.411 e. The highest BCUT2D eigenvalue weighted by molar-refractivity contribution is 9.10. The number of anilines is 1. The molecule has 6 nitrogen and oxygen atoms in total. The molecule has 0 unspecified atom stereocenters. The van der Waals surface area contributed by atoms with E-state index in [0.29, 0.717) is 14.7 Å². The Morgan fingerprint density at radius 2 is 1.74 bits per heavy atom. The maximum absolute atomic E-state index is 12.6. The van der Waals surface area contributed by atoms with Gasteiger partial charge in [-0.3, -0.25) is 5.32 Å². The van der Waals surface area contributed by atoms with Crippen LogP contribution in [0.3, 0.4) is 0 Å². The molecule has 1 aliphatic carbocycles. The van der Waals surface area contributed by atoms with Crippen molar-refractivity contribution < 1.29 is 19.4 Å². The Morgan fingerprint density at radius 3 is 2.39 bits per heavy atom. The van der Waals surface area contributed by atoms with Gasteiger partial charge in [0.1, 0.15) is 16.3 Å². The summed E-state index contributed by atoms with van der Waals surface area (Å²) in [4.78, 5) is 29.1. The number of rotatable bonds is 4. The van der Waals surface area contributed by atoms with Gasteiger partial charge in [0.25, 0.3) is 0 Å². The van der Waals surface area contributed by atoms with E-state index in [9.17, 15) is 14.7 Å². The highest BCUT2D eigenvalue weighted by atomic mass is 79.9. The second kappa shape index (κ2) is 7.79. The van der Waals surface area contributed by atoms with Crippen molar-refractivity contribution in [1.29, 1.82) is 0 Å². The number of benzene rings is 2. The van der Waals surface area contributed by atoms with Crippen LogP contribution < -0.4 is 5.32 Å². The average molecular weight is 495 g/mol. The second-order valence-corrected chi connectivity index (χ2v) is 8.98. The summed E-state index contributed by atoms with van der Waals surface area (Å²) in [6.07, 6.45) is 0.880. The summed E-state index contributed by atoms with van der Waals surface area (Å²) in [5.41, 5.74) is 4.69. The highest BCUT2D eigenvalue weighted by Gasteiger charge is 2.29. The van der Waals surface area contributed by atoms with E-state index >= 15 is 0 Å². The Kier molecular flexibility index (Phi) is 4.95. The Balaban J connectivity index is 1.40. The van der Waals surface area contributed by atoms with Crippen LogP contribution in [0.5, 0.6) is 0 Å². The Hall–Kier alpha value is -3.23. The standard InChI is InChI=1S/C23H15BrN2O4S/c24-12-9-17-19(20(22(27)28)31-21(17)25-10-12)26-23(29)30-11-18-15-7-3-1-5-13(15)14-6-2-4-8-16(14)18/h1-10,18H,11H2,(H,26,29)(H,27,28). The summed E-state index contributed by atoms with van der Waals surface area (Å²) >= 11 is 4.34. The predicted octanol–water partition coefficient (Wildman–Crippen LogP) is 6.12. The first-order chi connectivity index (χ1) is 15.0. The van der Waals surface area contributed by atoms with E-state index in [-0.39, 0.29) is 23.1 Å². The van der Waals surface area contributed by atoms with Crippen molar-refractivity contribution >= 4 is 55.2 Å². The second-order valence-electron chi connectivity index (χ2n) is 7.07. The van der Waals surface area contributed by atoms with Crippen molar-refractivity contribution in [3.05, 3.63) is 81.3 Å². The smallest absolute Gasteiger partial charge is 0.411 e. The van der Waals surface area contributed by atoms with Gasteiger partial charge in [0.15, 0.2) is 0 Å². The third-order valence-corrected chi connectivity index (χ3v) is 6.81. The molecule has 1 aliphatic rings. The molecule has 0 atom stereocenters. The summed E-state index contributed by atoms with van der Waals surface area (Å²) in [6.45, 7) is 0.145. The van der Waals surface area contributed by atoms with Crippen LogP contribution in [-0.2, 0) is 4.74 Å². The van der Waals surface area contributed by atoms with E-state index in [0.717, 1.165) is 33.6 Å². The van der Waals surface area contributed by atoms with Crippen LogP contribution in [0.15, 0.2) is 65.3 Å². The number of nitrogens with zero attached hydrogens (tertiary/aromatic N) is 1.